The number of rotatable bonds is 5. The van der Waals surface area contributed by atoms with Crippen LogP contribution in [-0.4, -0.2) is 26.8 Å². The van der Waals surface area contributed by atoms with E-state index in [0.717, 1.165) is 5.56 Å². The largest absolute Gasteiger partial charge is 0.476 e. The van der Waals surface area contributed by atoms with Crippen LogP contribution in [0.3, 0.4) is 0 Å². The number of carbonyl (C=O) groups excluding carboxylic acids is 1. The molecule has 0 saturated carbocycles. The van der Waals surface area contributed by atoms with Gasteiger partial charge in [0.25, 0.3) is 0 Å². The summed E-state index contributed by atoms with van der Waals surface area (Å²) in [7, 11) is 0. The summed E-state index contributed by atoms with van der Waals surface area (Å²) >= 11 is 5.98. The standard InChI is InChI=1S/C14H14ClN3O3/c1-9-2-3-10(8-11(9)15)16-13(19)5-7-18-6-4-12(17-18)14(20)21/h2-4,6,8H,5,7H2,1H3,(H,16,19)(H,20,21). The van der Waals surface area contributed by atoms with Gasteiger partial charge in [0.1, 0.15) is 0 Å². The van der Waals surface area contributed by atoms with Crippen molar-refractivity contribution in [2.75, 3.05) is 5.32 Å². The van der Waals surface area contributed by atoms with E-state index < -0.39 is 5.97 Å². The molecular weight excluding hydrogens is 294 g/mol. The third-order valence-corrected chi connectivity index (χ3v) is 3.29. The van der Waals surface area contributed by atoms with E-state index in [9.17, 15) is 9.59 Å². The van der Waals surface area contributed by atoms with Crippen LogP contribution < -0.4 is 5.32 Å². The highest BCUT2D eigenvalue weighted by atomic mass is 35.5. The van der Waals surface area contributed by atoms with Crippen LogP contribution in [0.25, 0.3) is 0 Å². The SMILES string of the molecule is Cc1ccc(NC(=O)CCn2ccc(C(=O)O)n2)cc1Cl. The Morgan fingerprint density at radius 1 is 1.38 bits per heavy atom. The maximum Gasteiger partial charge on any atom is 0.356 e. The number of halogens is 1. The van der Waals surface area contributed by atoms with E-state index in [1.54, 1.807) is 12.1 Å². The van der Waals surface area contributed by atoms with Crippen molar-refractivity contribution in [2.45, 2.75) is 19.9 Å². The fourth-order valence-corrected chi connectivity index (χ4v) is 1.89. The topological polar surface area (TPSA) is 84.2 Å². The lowest BCUT2D eigenvalue weighted by Gasteiger charge is -2.07. The van der Waals surface area contributed by atoms with Crippen LogP contribution in [0.2, 0.25) is 5.02 Å². The molecule has 0 saturated heterocycles. The summed E-state index contributed by atoms with van der Waals surface area (Å²) in [5.41, 5.74) is 1.52. The summed E-state index contributed by atoms with van der Waals surface area (Å²) in [4.78, 5) is 22.5. The van der Waals surface area contributed by atoms with Crippen LogP contribution in [0, 0.1) is 6.92 Å². The summed E-state index contributed by atoms with van der Waals surface area (Å²) in [5.74, 6) is -1.28. The lowest BCUT2D eigenvalue weighted by Crippen LogP contribution is -2.15. The van der Waals surface area contributed by atoms with Crippen molar-refractivity contribution in [3.63, 3.8) is 0 Å². The van der Waals surface area contributed by atoms with Gasteiger partial charge >= 0.3 is 5.97 Å². The van der Waals surface area contributed by atoms with E-state index >= 15 is 0 Å². The predicted molar refractivity (Wildman–Crippen MR) is 78.6 cm³/mol. The normalized spacial score (nSPS) is 10.4. The predicted octanol–water partition coefficient (Wildman–Crippen LogP) is 2.57. The van der Waals surface area contributed by atoms with Gasteiger partial charge in [0.2, 0.25) is 5.91 Å². The van der Waals surface area contributed by atoms with Gasteiger partial charge in [0, 0.05) is 29.9 Å². The van der Waals surface area contributed by atoms with Gasteiger partial charge in [0.05, 0.1) is 0 Å². The number of nitrogens with zero attached hydrogens (tertiary/aromatic N) is 2. The molecule has 0 unspecified atom stereocenters. The Labute approximate surface area is 126 Å². The number of carbonyl (C=O) groups is 2. The van der Waals surface area contributed by atoms with E-state index in [-0.39, 0.29) is 18.0 Å². The van der Waals surface area contributed by atoms with Crippen LogP contribution in [-0.2, 0) is 11.3 Å². The van der Waals surface area contributed by atoms with Crippen molar-refractivity contribution >= 4 is 29.2 Å². The number of nitrogens with one attached hydrogen (secondary N) is 1. The van der Waals surface area contributed by atoms with E-state index in [4.69, 9.17) is 16.7 Å². The number of aromatic carboxylic acids is 1. The molecule has 2 rings (SSSR count). The molecule has 1 heterocycles. The van der Waals surface area contributed by atoms with Crippen LogP contribution in [0.1, 0.15) is 22.5 Å². The molecule has 2 N–H and O–H groups in total. The minimum absolute atomic E-state index is 0.0410. The zero-order chi connectivity index (χ0) is 15.4. The van der Waals surface area contributed by atoms with Crippen molar-refractivity contribution in [3.05, 3.63) is 46.7 Å². The summed E-state index contributed by atoms with van der Waals surface area (Å²) in [6, 6.07) is 6.67. The fourth-order valence-electron chi connectivity index (χ4n) is 1.71. The number of anilines is 1. The van der Waals surface area contributed by atoms with E-state index in [2.05, 4.69) is 10.4 Å². The Kier molecular flexibility index (Phi) is 4.59. The molecule has 110 valence electrons. The zero-order valence-electron chi connectivity index (χ0n) is 11.3. The summed E-state index contributed by atoms with van der Waals surface area (Å²) in [6.45, 7) is 2.18. The van der Waals surface area contributed by atoms with Gasteiger partial charge in [-0.25, -0.2) is 4.79 Å². The monoisotopic (exact) mass is 307 g/mol. The molecule has 0 aliphatic carbocycles. The van der Waals surface area contributed by atoms with Gasteiger partial charge in [0.15, 0.2) is 5.69 Å². The quantitative estimate of drug-likeness (QED) is 0.889. The molecule has 1 aromatic carbocycles. The maximum absolute atomic E-state index is 11.8. The molecule has 0 radical (unpaired) electrons. The molecule has 6 nitrogen and oxygen atoms in total. The van der Waals surface area contributed by atoms with Crippen molar-refractivity contribution in [3.8, 4) is 0 Å². The summed E-state index contributed by atoms with van der Waals surface area (Å²) in [6.07, 6.45) is 1.71. The molecule has 0 fully saturated rings. The van der Waals surface area contributed by atoms with Gasteiger partial charge in [-0.05, 0) is 30.7 Å². The number of carboxylic acids is 1. The summed E-state index contributed by atoms with van der Waals surface area (Å²) < 4.78 is 1.42. The minimum atomic E-state index is -1.09. The zero-order valence-corrected chi connectivity index (χ0v) is 12.1. The van der Waals surface area contributed by atoms with Gasteiger partial charge in [-0.1, -0.05) is 17.7 Å². The molecule has 0 aliphatic rings. The molecule has 0 atom stereocenters. The average molecular weight is 308 g/mol. The van der Waals surface area contributed by atoms with E-state index in [1.807, 2.05) is 13.0 Å². The first-order valence-electron chi connectivity index (χ1n) is 6.28. The number of hydrogen-bond donors (Lipinski definition) is 2. The van der Waals surface area contributed by atoms with Crippen LogP contribution in [0.15, 0.2) is 30.5 Å². The number of aryl methyl sites for hydroxylation is 2. The average Bonchev–Trinajstić information content (AvgIpc) is 2.90. The highest BCUT2D eigenvalue weighted by Crippen LogP contribution is 2.20. The number of aromatic nitrogens is 2. The lowest BCUT2D eigenvalue weighted by atomic mass is 10.2. The second-order valence-corrected chi connectivity index (χ2v) is 4.94. The third-order valence-electron chi connectivity index (χ3n) is 2.88. The van der Waals surface area contributed by atoms with Crippen LogP contribution in [0.5, 0.6) is 0 Å². The Balaban J connectivity index is 1.89. The molecule has 0 spiro atoms. The lowest BCUT2D eigenvalue weighted by molar-refractivity contribution is -0.116. The molecule has 1 amide bonds. The highest BCUT2D eigenvalue weighted by molar-refractivity contribution is 6.31. The van der Waals surface area contributed by atoms with E-state index in [0.29, 0.717) is 17.3 Å². The van der Waals surface area contributed by atoms with Gasteiger partial charge in [-0.2, -0.15) is 5.10 Å². The van der Waals surface area contributed by atoms with Crippen molar-refractivity contribution in [1.29, 1.82) is 0 Å². The number of hydrogen-bond acceptors (Lipinski definition) is 3. The molecule has 7 heteroatoms. The molecule has 0 bridgehead atoms. The smallest absolute Gasteiger partial charge is 0.356 e. The number of benzene rings is 1. The minimum Gasteiger partial charge on any atom is -0.476 e. The molecule has 21 heavy (non-hydrogen) atoms. The van der Waals surface area contributed by atoms with E-state index in [1.165, 1.54) is 16.9 Å². The Hall–Kier alpha value is -2.34. The Morgan fingerprint density at radius 2 is 2.14 bits per heavy atom. The third kappa shape index (κ3) is 4.06. The molecule has 1 aromatic heterocycles. The van der Waals surface area contributed by atoms with Crippen molar-refractivity contribution in [1.82, 2.24) is 9.78 Å². The fraction of sp³-hybridized carbons (Fsp3) is 0.214. The molecular formula is C14H14ClN3O3. The van der Waals surface area contributed by atoms with Gasteiger partial charge in [-0.3, -0.25) is 9.48 Å². The van der Waals surface area contributed by atoms with Gasteiger partial charge < -0.3 is 10.4 Å². The Bertz CT molecular complexity index is 682. The van der Waals surface area contributed by atoms with Crippen molar-refractivity contribution in [2.24, 2.45) is 0 Å². The maximum atomic E-state index is 11.8. The number of carboxylic acid groups (broad SMARTS) is 1. The summed E-state index contributed by atoms with van der Waals surface area (Å²) in [5, 5.41) is 15.9. The highest BCUT2D eigenvalue weighted by Gasteiger charge is 2.08. The first-order chi connectivity index (χ1) is 9.95. The first kappa shape index (κ1) is 15.1. The second kappa shape index (κ2) is 6.41. The second-order valence-electron chi connectivity index (χ2n) is 4.53. The number of amides is 1. The molecule has 2 aromatic rings. The van der Waals surface area contributed by atoms with Gasteiger partial charge in [-0.15, -0.1) is 0 Å². The van der Waals surface area contributed by atoms with Crippen molar-refractivity contribution < 1.29 is 14.7 Å². The van der Waals surface area contributed by atoms with Crippen LogP contribution in [0.4, 0.5) is 5.69 Å². The Morgan fingerprint density at radius 3 is 2.76 bits per heavy atom. The molecule has 0 aliphatic heterocycles. The van der Waals surface area contributed by atoms with Crippen LogP contribution >= 0.6 is 11.6 Å². The first-order valence-corrected chi connectivity index (χ1v) is 6.66.